The van der Waals surface area contributed by atoms with Gasteiger partial charge in [0.15, 0.2) is 0 Å². The van der Waals surface area contributed by atoms with Crippen molar-refractivity contribution in [1.82, 2.24) is 5.32 Å². The zero-order valence-electron chi connectivity index (χ0n) is 10.9. The van der Waals surface area contributed by atoms with Crippen molar-refractivity contribution in [1.29, 1.82) is 0 Å². The van der Waals surface area contributed by atoms with Crippen LogP contribution in [-0.4, -0.2) is 16.4 Å². The summed E-state index contributed by atoms with van der Waals surface area (Å²) < 4.78 is 0.806. The third-order valence-corrected chi connectivity index (χ3v) is 4.92. The summed E-state index contributed by atoms with van der Waals surface area (Å²) in [5.74, 6) is -0.231. The van der Waals surface area contributed by atoms with Gasteiger partial charge in [0.05, 0.1) is 21.1 Å². The van der Waals surface area contributed by atoms with Gasteiger partial charge in [-0.15, -0.1) is 0 Å². The normalized spacial score (nSPS) is 17.5. The summed E-state index contributed by atoms with van der Waals surface area (Å²) in [6.45, 7) is 0. The smallest absolute Gasteiger partial charge is 0.253 e. The number of carbonyl (C=O) groups is 1. The Balaban J connectivity index is 2.24. The molecule has 0 saturated heterocycles. The van der Waals surface area contributed by atoms with Crippen LogP contribution >= 0.6 is 39.7 Å². The second kappa shape index (κ2) is 6.41. The molecule has 1 aromatic carbocycles. The van der Waals surface area contributed by atoms with Crippen LogP contribution in [0.15, 0.2) is 22.7 Å². The highest BCUT2D eigenvalue weighted by atomic mass is 79.9. The second-order valence-electron chi connectivity index (χ2n) is 5.09. The Kier molecular flexibility index (Phi) is 5.04. The highest BCUT2D eigenvalue weighted by Gasteiger charge is 2.36. The standard InChI is InChI=1S/C14H16BrClN2OS/c15-9-4-5-11(16)10(8-9)12(19)18-14(13(17)20)6-2-1-3-7-14/h4-5,8H,1-3,6-7H2,(H2,17,20)(H,18,19). The number of carbonyl (C=O) groups excluding carboxylic acids is 1. The minimum Gasteiger partial charge on any atom is -0.391 e. The predicted molar refractivity (Wildman–Crippen MR) is 89.2 cm³/mol. The van der Waals surface area contributed by atoms with E-state index in [0.29, 0.717) is 15.6 Å². The summed E-state index contributed by atoms with van der Waals surface area (Å²) in [7, 11) is 0. The van der Waals surface area contributed by atoms with Crippen molar-refractivity contribution in [2.24, 2.45) is 5.73 Å². The number of nitrogens with one attached hydrogen (secondary N) is 1. The van der Waals surface area contributed by atoms with Crippen molar-refractivity contribution in [3.63, 3.8) is 0 Å². The number of halogens is 2. The number of rotatable bonds is 3. The molecular weight excluding hydrogens is 360 g/mol. The summed E-state index contributed by atoms with van der Waals surface area (Å²) in [6.07, 6.45) is 4.77. The third kappa shape index (κ3) is 3.32. The first-order valence-corrected chi connectivity index (χ1v) is 8.10. The molecule has 0 spiro atoms. The zero-order chi connectivity index (χ0) is 14.8. The monoisotopic (exact) mass is 374 g/mol. The van der Waals surface area contributed by atoms with E-state index in [2.05, 4.69) is 21.2 Å². The molecule has 1 saturated carbocycles. The Hall–Kier alpha value is -0.650. The van der Waals surface area contributed by atoms with Gasteiger partial charge < -0.3 is 11.1 Å². The Morgan fingerprint density at radius 2 is 2.00 bits per heavy atom. The Morgan fingerprint density at radius 3 is 2.60 bits per heavy atom. The Morgan fingerprint density at radius 1 is 1.35 bits per heavy atom. The van der Waals surface area contributed by atoms with Gasteiger partial charge >= 0.3 is 0 Å². The van der Waals surface area contributed by atoms with Crippen LogP contribution in [0.5, 0.6) is 0 Å². The lowest BCUT2D eigenvalue weighted by Gasteiger charge is -2.37. The van der Waals surface area contributed by atoms with Crippen molar-refractivity contribution in [2.45, 2.75) is 37.6 Å². The van der Waals surface area contributed by atoms with Crippen LogP contribution in [0, 0.1) is 0 Å². The molecule has 0 heterocycles. The molecule has 0 aliphatic heterocycles. The summed E-state index contributed by atoms with van der Waals surface area (Å²) in [6, 6.07) is 5.19. The van der Waals surface area contributed by atoms with Gasteiger partial charge in [0.1, 0.15) is 0 Å². The molecule has 1 aliphatic rings. The maximum absolute atomic E-state index is 12.5. The molecule has 1 aromatic rings. The summed E-state index contributed by atoms with van der Waals surface area (Å²) in [5.41, 5.74) is 5.73. The van der Waals surface area contributed by atoms with E-state index in [4.69, 9.17) is 29.6 Å². The topological polar surface area (TPSA) is 55.1 Å². The largest absolute Gasteiger partial charge is 0.391 e. The molecule has 1 fully saturated rings. The van der Waals surface area contributed by atoms with Gasteiger partial charge in [0.25, 0.3) is 5.91 Å². The van der Waals surface area contributed by atoms with Gasteiger partial charge in [0.2, 0.25) is 0 Å². The molecule has 20 heavy (non-hydrogen) atoms. The predicted octanol–water partition coefficient (Wildman–Crippen LogP) is 3.82. The molecule has 0 aromatic heterocycles. The van der Waals surface area contributed by atoms with E-state index in [0.717, 1.165) is 36.6 Å². The fourth-order valence-corrected chi connectivity index (χ4v) is 3.36. The van der Waals surface area contributed by atoms with E-state index in [9.17, 15) is 4.79 Å². The summed E-state index contributed by atoms with van der Waals surface area (Å²) in [5, 5.41) is 3.42. The number of nitrogens with two attached hydrogens (primary N) is 1. The van der Waals surface area contributed by atoms with Crippen molar-refractivity contribution >= 4 is 50.6 Å². The van der Waals surface area contributed by atoms with Crippen LogP contribution in [0.2, 0.25) is 5.02 Å². The first-order valence-electron chi connectivity index (χ1n) is 6.52. The maximum atomic E-state index is 12.5. The number of amides is 1. The van der Waals surface area contributed by atoms with Crippen LogP contribution in [0.4, 0.5) is 0 Å². The maximum Gasteiger partial charge on any atom is 0.253 e. The van der Waals surface area contributed by atoms with E-state index in [1.54, 1.807) is 18.2 Å². The molecule has 0 radical (unpaired) electrons. The molecule has 0 atom stereocenters. The molecule has 108 valence electrons. The molecular formula is C14H16BrClN2OS. The molecule has 0 unspecified atom stereocenters. The second-order valence-corrected chi connectivity index (χ2v) is 6.85. The lowest BCUT2D eigenvalue weighted by atomic mass is 9.81. The first-order chi connectivity index (χ1) is 9.44. The highest BCUT2D eigenvalue weighted by Crippen LogP contribution is 2.30. The molecule has 2 rings (SSSR count). The van der Waals surface area contributed by atoms with Gasteiger partial charge in [-0.2, -0.15) is 0 Å². The van der Waals surface area contributed by atoms with Gasteiger partial charge in [-0.3, -0.25) is 4.79 Å². The number of thiocarbonyl (C=S) groups is 1. The lowest BCUT2D eigenvalue weighted by Crippen LogP contribution is -2.57. The average molecular weight is 376 g/mol. The molecule has 1 amide bonds. The van der Waals surface area contributed by atoms with Crippen molar-refractivity contribution in [3.8, 4) is 0 Å². The molecule has 1 aliphatic carbocycles. The molecule has 6 heteroatoms. The van der Waals surface area contributed by atoms with Crippen LogP contribution < -0.4 is 11.1 Å². The van der Waals surface area contributed by atoms with Crippen LogP contribution in [0.3, 0.4) is 0 Å². The van der Waals surface area contributed by atoms with Crippen LogP contribution in [0.25, 0.3) is 0 Å². The van der Waals surface area contributed by atoms with Crippen molar-refractivity contribution in [3.05, 3.63) is 33.3 Å². The summed E-state index contributed by atoms with van der Waals surface area (Å²) >= 11 is 14.6. The fraction of sp³-hybridized carbons (Fsp3) is 0.429. The fourth-order valence-electron chi connectivity index (χ4n) is 2.54. The molecule has 3 N–H and O–H groups in total. The van der Waals surface area contributed by atoms with E-state index in [1.165, 1.54) is 0 Å². The van der Waals surface area contributed by atoms with Crippen LogP contribution in [0.1, 0.15) is 42.5 Å². The van der Waals surface area contributed by atoms with Crippen LogP contribution in [-0.2, 0) is 0 Å². The Labute approximate surface area is 137 Å². The number of benzene rings is 1. The van der Waals surface area contributed by atoms with E-state index in [-0.39, 0.29) is 5.91 Å². The third-order valence-electron chi connectivity index (χ3n) is 3.70. The highest BCUT2D eigenvalue weighted by molar-refractivity contribution is 9.10. The van der Waals surface area contributed by atoms with Gasteiger partial charge in [0, 0.05) is 4.47 Å². The van der Waals surface area contributed by atoms with Gasteiger partial charge in [-0.05, 0) is 31.0 Å². The number of hydrogen-bond acceptors (Lipinski definition) is 2. The van der Waals surface area contributed by atoms with E-state index in [1.807, 2.05) is 0 Å². The quantitative estimate of drug-likeness (QED) is 0.790. The minimum atomic E-state index is -0.573. The first kappa shape index (κ1) is 15.7. The zero-order valence-corrected chi connectivity index (χ0v) is 14.1. The average Bonchev–Trinajstić information content (AvgIpc) is 2.42. The van der Waals surface area contributed by atoms with Crippen molar-refractivity contribution in [2.75, 3.05) is 0 Å². The van der Waals surface area contributed by atoms with Gasteiger partial charge in [-0.25, -0.2) is 0 Å². The Bertz CT molecular complexity index is 544. The molecule has 3 nitrogen and oxygen atoms in total. The number of hydrogen-bond donors (Lipinski definition) is 2. The van der Waals surface area contributed by atoms with E-state index >= 15 is 0 Å². The summed E-state index contributed by atoms with van der Waals surface area (Å²) in [4.78, 5) is 12.8. The SMILES string of the molecule is NC(=S)C1(NC(=O)c2cc(Br)ccc2Cl)CCCCC1. The molecule has 0 bridgehead atoms. The lowest BCUT2D eigenvalue weighted by molar-refractivity contribution is 0.0908. The van der Waals surface area contributed by atoms with E-state index < -0.39 is 5.54 Å². The van der Waals surface area contributed by atoms with Crippen molar-refractivity contribution < 1.29 is 4.79 Å². The minimum absolute atomic E-state index is 0.231. The van der Waals surface area contributed by atoms with Gasteiger partial charge in [-0.1, -0.05) is 59.0 Å².